The summed E-state index contributed by atoms with van der Waals surface area (Å²) >= 11 is 6.81. The monoisotopic (exact) mass is 365 g/mol. The van der Waals surface area contributed by atoms with Gasteiger partial charge in [-0.05, 0) is 12.1 Å². The predicted octanol–water partition coefficient (Wildman–Crippen LogP) is 2.66. The Labute approximate surface area is 144 Å². The molecule has 0 radical (unpaired) electrons. The fraction of sp³-hybridized carbons (Fsp3) is 0.133. The number of fused-ring (bicyclic) bond motifs is 1. The van der Waals surface area contributed by atoms with Crippen LogP contribution in [0.5, 0.6) is 11.5 Å². The van der Waals surface area contributed by atoms with Gasteiger partial charge < -0.3 is 9.84 Å². The molecular formula is C15H9ClFN3O3S. The molecule has 0 spiro atoms. The third-order valence-electron chi connectivity index (χ3n) is 3.41. The van der Waals surface area contributed by atoms with Gasteiger partial charge in [-0.3, -0.25) is 9.36 Å². The van der Waals surface area contributed by atoms with Gasteiger partial charge >= 0.3 is 0 Å². The molecule has 0 atom stereocenters. The van der Waals surface area contributed by atoms with Gasteiger partial charge in [0.05, 0.1) is 41.5 Å². The standard InChI is InChI=1S/C15H9ClFN3O3S/c1-3-6-20-14-11(18-24-19-14)12(21)10(15(20)22)9-8(17)5-4-7(16)13(9)23-2/h1,4-5,21H,6H2,2H3. The summed E-state index contributed by atoms with van der Waals surface area (Å²) in [5, 5.41) is 10.6. The van der Waals surface area contributed by atoms with Crippen LogP contribution in [0.2, 0.25) is 5.02 Å². The van der Waals surface area contributed by atoms with Crippen LogP contribution in [-0.4, -0.2) is 25.5 Å². The van der Waals surface area contributed by atoms with Gasteiger partial charge in [-0.15, -0.1) is 6.42 Å². The maximum atomic E-state index is 14.4. The maximum Gasteiger partial charge on any atom is 0.265 e. The number of halogens is 2. The van der Waals surface area contributed by atoms with Gasteiger partial charge in [-0.2, -0.15) is 8.75 Å². The van der Waals surface area contributed by atoms with E-state index in [-0.39, 0.29) is 39.6 Å². The molecule has 0 amide bonds. The molecule has 6 nitrogen and oxygen atoms in total. The Morgan fingerprint density at radius 1 is 1.46 bits per heavy atom. The molecule has 3 rings (SSSR count). The highest BCUT2D eigenvalue weighted by molar-refractivity contribution is 7.00. The van der Waals surface area contributed by atoms with E-state index in [2.05, 4.69) is 14.7 Å². The van der Waals surface area contributed by atoms with E-state index in [0.717, 1.165) is 22.4 Å². The number of hydrogen-bond donors (Lipinski definition) is 1. The Hall–Kier alpha value is -2.63. The first-order valence-corrected chi connectivity index (χ1v) is 7.66. The zero-order valence-electron chi connectivity index (χ0n) is 12.2. The van der Waals surface area contributed by atoms with Gasteiger partial charge in [0.25, 0.3) is 5.56 Å². The van der Waals surface area contributed by atoms with Gasteiger partial charge in [-0.1, -0.05) is 17.5 Å². The Morgan fingerprint density at radius 3 is 2.88 bits per heavy atom. The zero-order valence-corrected chi connectivity index (χ0v) is 13.8. The Balaban J connectivity index is 2.51. The Kier molecular flexibility index (Phi) is 4.13. The van der Waals surface area contributed by atoms with E-state index < -0.39 is 17.1 Å². The number of aromatic nitrogens is 3. The fourth-order valence-electron chi connectivity index (χ4n) is 2.39. The van der Waals surface area contributed by atoms with Crippen LogP contribution in [0.15, 0.2) is 16.9 Å². The van der Waals surface area contributed by atoms with Crippen molar-refractivity contribution in [1.29, 1.82) is 0 Å². The molecular weight excluding hydrogens is 357 g/mol. The van der Waals surface area contributed by atoms with Crippen LogP contribution in [0.25, 0.3) is 22.3 Å². The number of nitrogens with zero attached hydrogens (tertiary/aromatic N) is 3. The lowest BCUT2D eigenvalue weighted by atomic mass is 10.0. The predicted molar refractivity (Wildman–Crippen MR) is 89.1 cm³/mol. The van der Waals surface area contributed by atoms with Crippen molar-refractivity contribution in [2.75, 3.05) is 7.11 Å². The lowest BCUT2D eigenvalue weighted by Crippen LogP contribution is -2.22. The van der Waals surface area contributed by atoms with Crippen LogP contribution in [0.4, 0.5) is 4.39 Å². The number of benzene rings is 1. The highest BCUT2D eigenvalue weighted by Gasteiger charge is 2.26. The molecule has 24 heavy (non-hydrogen) atoms. The molecule has 0 aliphatic carbocycles. The van der Waals surface area contributed by atoms with E-state index in [9.17, 15) is 14.3 Å². The quantitative estimate of drug-likeness (QED) is 0.722. The highest BCUT2D eigenvalue weighted by Crippen LogP contribution is 2.41. The largest absolute Gasteiger partial charge is 0.505 e. The number of methoxy groups -OCH3 is 1. The van der Waals surface area contributed by atoms with E-state index >= 15 is 0 Å². The zero-order chi connectivity index (χ0) is 17.4. The van der Waals surface area contributed by atoms with E-state index in [0.29, 0.717) is 0 Å². The lowest BCUT2D eigenvalue weighted by Gasteiger charge is -2.14. The summed E-state index contributed by atoms with van der Waals surface area (Å²) in [7, 11) is 1.28. The number of pyridine rings is 1. The fourth-order valence-corrected chi connectivity index (χ4v) is 3.18. The second-order valence-electron chi connectivity index (χ2n) is 4.69. The summed E-state index contributed by atoms with van der Waals surface area (Å²) in [6.45, 7) is -0.113. The van der Waals surface area contributed by atoms with Crippen molar-refractivity contribution < 1.29 is 14.2 Å². The van der Waals surface area contributed by atoms with Gasteiger partial charge in [0.1, 0.15) is 11.6 Å². The van der Waals surface area contributed by atoms with Crippen molar-refractivity contribution in [1.82, 2.24) is 13.3 Å². The summed E-state index contributed by atoms with van der Waals surface area (Å²) in [4.78, 5) is 12.8. The third-order valence-corrected chi connectivity index (χ3v) is 4.23. The average Bonchev–Trinajstić information content (AvgIpc) is 3.04. The molecule has 0 aliphatic rings. The molecule has 2 aromatic heterocycles. The van der Waals surface area contributed by atoms with Crippen molar-refractivity contribution in [3.63, 3.8) is 0 Å². The number of ether oxygens (including phenoxy) is 1. The Bertz CT molecular complexity index is 1050. The van der Waals surface area contributed by atoms with Crippen molar-refractivity contribution in [3.05, 3.63) is 33.3 Å². The first-order valence-electron chi connectivity index (χ1n) is 6.55. The van der Waals surface area contributed by atoms with Gasteiger partial charge in [0.2, 0.25) is 0 Å². The summed E-state index contributed by atoms with van der Waals surface area (Å²) in [5.41, 5.74) is -1.13. The summed E-state index contributed by atoms with van der Waals surface area (Å²) in [6.07, 6.45) is 5.29. The molecule has 0 unspecified atom stereocenters. The minimum absolute atomic E-state index is 0.0475. The highest BCUT2D eigenvalue weighted by atomic mass is 35.5. The minimum Gasteiger partial charge on any atom is -0.505 e. The van der Waals surface area contributed by atoms with Crippen LogP contribution >= 0.6 is 23.3 Å². The third kappa shape index (κ3) is 2.29. The van der Waals surface area contributed by atoms with Crippen LogP contribution in [0, 0.1) is 18.2 Å². The molecule has 1 aromatic carbocycles. The number of hydrogen-bond acceptors (Lipinski definition) is 6. The molecule has 1 N–H and O–H groups in total. The summed E-state index contributed by atoms with van der Waals surface area (Å²) in [6, 6.07) is 2.37. The van der Waals surface area contributed by atoms with E-state index in [1.807, 2.05) is 0 Å². The molecule has 0 saturated carbocycles. The SMILES string of the molecule is C#CCn1c(=O)c(-c2c(F)ccc(Cl)c2OC)c(O)c2nsnc21. The van der Waals surface area contributed by atoms with E-state index in [1.54, 1.807) is 0 Å². The molecule has 0 aliphatic heterocycles. The second kappa shape index (κ2) is 6.11. The molecule has 9 heteroatoms. The van der Waals surface area contributed by atoms with E-state index in [1.165, 1.54) is 13.2 Å². The van der Waals surface area contributed by atoms with Crippen molar-refractivity contribution in [2.24, 2.45) is 0 Å². The van der Waals surface area contributed by atoms with Crippen molar-refractivity contribution in [2.45, 2.75) is 6.54 Å². The van der Waals surface area contributed by atoms with Crippen LogP contribution in [0.1, 0.15) is 0 Å². The lowest BCUT2D eigenvalue weighted by molar-refractivity contribution is 0.412. The second-order valence-corrected chi connectivity index (χ2v) is 5.63. The maximum absolute atomic E-state index is 14.4. The number of rotatable bonds is 3. The first-order chi connectivity index (χ1) is 11.5. The molecule has 0 saturated heterocycles. The molecule has 3 aromatic rings. The topological polar surface area (TPSA) is 77.2 Å². The summed E-state index contributed by atoms with van der Waals surface area (Å²) < 4.78 is 28.6. The van der Waals surface area contributed by atoms with Crippen molar-refractivity contribution in [3.8, 4) is 35.0 Å². The van der Waals surface area contributed by atoms with Gasteiger partial charge in [0, 0.05) is 0 Å². The Morgan fingerprint density at radius 2 is 2.21 bits per heavy atom. The first kappa shape index (κ1) is 16.2. The minimum atomic E-state index is -0.779. The molecule has 122 valence electrons. The molecule has 0 fully saturated rings. The van der Waals surface area contributed by atoms with Gasteiger partial charge in [0.15, 0.2) is 16.9 Å². The number of aromatic hydroxyl groups is 1. The number of terminal acetylenes is 1. The van der Waals surface area contributed by atoms with Crippen LogP contribution < -0.4 is 10.3 Å². The summed E-state index contributed by atoms with van der Waals surface area (Å²) in [5.74, 6) is 0.974. The molecule has 2 heterocycles. The van der Waals surface area contributed by atoms with E-state index in [4.69, 9.17) is 22.8 Å². The van der Waals surface area contributed by atoms with Gasteiger partial charge in [-0.25, -0.2) is 4.39 Å². The van der Waals surface area contributed by atoms with Crippen molar-refractivity contribution >= 4 is 34.5 Å². The normalized spacial score (nSPS) is 10.8. The average molecular weight is 366 g/mol. The molecule has 0 bridgehead atoms. The van der Waals surface area contributed by atoms with Crippen LogP contribution in [-0.2, 0) is 6.54 Å². The smallest absolute Gasteiger partial charge is 0.265 e. The van der Waals surface area contributed by atoms with Crippen LogP contribution in [0.3, 0.4) is 0 Å².